The van der Waals surface area contributed by atoms with Gasteiger partial charge in [-0.1, -0.05) is 18.2 Å². The van der Waals surface area contributed by atoms with Gasteiger partial charge in [0.1, 0.15) is 5.82 Å². The zero-order valence-corrected chi connectivity index (χ0v) is 10.9. The van der Waals surface area contributed by atoms with Crippen LogP contribution >= 0.6 is 0 Å². The van der Waals surface area contributed by atoms with Gasteiger partial charge in [0, 0.05) is 0 Å². The lowest BCUT2D eigenvalue weighted by molar-refractivity contribution is 0.628. The SMILES string of the molecule is O=c1c(N=Nc2ccc(F)cc2)c[nH]n1-c1ccccc1. The van der Waals surface area contributed by atoms with Crippen molar-refractivity contribution in [2.75, 3.05) is 0 Å². The molecule has 0 saturated heterocycles. The van der Waals surface area contributed by atoms with E-state index in [1.54, 1.807) is 12.1 Å². The number of H-pyrrole nitrogens is 1. The minimum atomic E-state index is -0.345. The summed E-state index contributed by atoms with van der Waals surface area (Å²) >= 11 is 0. The second-order valence-electron chi connectivity index (χ2n) is 4.31. The van der Waals surface area contributed by atoms with Crippen LogP contribution in [-0.4, -0.2) is 9.78 Å². The highest BCUT2D eigenvalue weighted by Crippen LogP contribution is 2.16. The van der Waals surface area contributed by atoms with Crippen LogP contribution in [0.2, 0.25) is 0 Å². The first-order valence-electron chi connectivity index (χ1n) is 6.27. The molecule has 0 spiro atoms. The van der Waals surface area contributed by atoms with E-state index in [4.69, 9.17) is 0 Å². The summed E-state index contributed by atoms with van der Waals surface area (Å²) in [6, 6.07) is 14.7. The molecule has 0 amide bonds. The Morgan fingerprint density at radius 3 is 2.38 bits per heavy atom. The highest BCUT2D eigenvalue weighted by Gasteiger charge is 2.06. The maximum absolute atomic E-state index is 12.8. The average Bonchev–Trinajstić information content (AvgIpc) is 2.89. The van der Waals surface area contributed by atoms with Gasteiger partial charge in [-0.05, 0) is 36.4 Å². The summed E-state index contributed by atoms with van der Waals surface area (Å²) in [7, 11) is 0. The summed E-state index contributed by atoms with van der Waals surface area (Å²) in [5.74, 6) is -0.345. The van der Waals surface area contributed by atoms with E-state index in [9.17, 15) is 9.18 Å². The lowest BCUT2D eigenvalue weighted by Crippen LogP contribution is -2.13. The van der Waals surface area contributed by atoms with Crippen LogP contribution in [0.3, 0.4) is 0 Å². The molecule has 2 aromatic carbocycles. The van der Waals surface area contributed by atoms with Crippen LogP contribution in [0.25, 0.3) is 5.69 Å². The standard InChI is InChI=1S/C15H11FN4O/c16-11-6-8-12(9-7-11)18-19-14-10-17-20(15(14)21)13-4-2-1-3-5-13/h1-10,17H. The minimum absolute atomic E-state index is 0.183. The van der Waals surface area contributed by atoms with Gasteiger partial charge in [0.05, 0.1) is 17.6 Å². The number of aromatic amines is 1. The number of benzene rings is 2. The van der Waals surface area contributed by atoms with Crippen LogP contribution < -0.4 is 5.56 Å². The number of aromatic nitrogens is 2. The minimum Gasteiger partial charge on any atom is -0.296 e. The van der Waals surface area contributed by atoms with E-state index in [1.165, 1.54) is 35.1 Å². The molecule has 3 rings (SSSR count). The van der Waals surface area contributed by atoms with Gasteiger partial charge < -0.3 is 0 Å². The molecule has 0 radical (unpaired) electrons. The lowest BCUT2D eigenvalue weighted by atomic mass is 10.3. The molecule has 5 nitrogen and oxygen atoms in total. The smallest absolute Gasteiger partial charge is 0.296 e. The van der Waals surface area contributed by atoms with E-state index in [-0.39, 0.29) is 17.1 Å². The molecule has 1 N–H and O–H groups in total. The molecule has 0 unspecified atom stereocenters. The highest BCUT2D eigenvalue weighted by atomic mass is 19.1. The Labute approximate surface area is 119 Å². The Kier molecular flexibility index (Phi) is 3.42. The molecular formula is C15H11FN4O. The lowest BCUT2D eigenvalue weighted by Gasteiger charge is -1.98. The maximum Gasteiger partial charge on any atom is 0.298 e. The van der Waals surface area contributed by atoms with Crippen molar-refractivity contribution in [3.63, 3.8) is 0 Å². The van der Waals surface area contributed by atoms with E-state index in [1.807, 2.05) is 18.2 Å². The van der Waals surface area contributed by atoms with Crippen molar-refractivity contribution in [3.05, 3.63) is 77.0 Å². The summed E-state index contributed by atoms with van der Waals surface area (Å²) < 4.78 is 14.1. The molecule has 3 aromatic rings. The molecule has 21 heavy (non-hydrogen) atoms. The molecule has 0 aliphatic rings. The van der Waals surface area contributed by atoms with Crippen molar-refractivity contribution in [2.24, 2.45) is 10.2 Å². The second-order valence-corrected chi connectivity index (χ2v) is 4.31. The fourth-order valence-corrected chi connectivity index (χ4v) is 1.82. The zero-order valence-electron chi connectivity index (χ0n) is 10.9. The van der Waals surface area contributed by atoms with Crippen LogP contribution in [0.4, 0.5) is 15.8 Å². The fraction of sp³-hybridized carbons (Fsp3) is 0. The summed E-state index contributed by atoms with van der Waals surface area (Å²) in [6.45, 7) is 0. The number of azo groups is 1. The predicted molar refractivity (Wildman–Crippen MR) is 77.0 cm³/mol. The van der Waals surface area contributed by atoms with Crippen molar-refractivity contribution in [1.82, 2.24) is 9.78 Å². The van der Waals surface area contributed by atoms with Crippen LogP contribution in [-0.2, 0) is 0 Å². The average molecular weight is 282 g/mol. The summed E-state index contributed by atoms with van der Waals surface area (Å²) in [5, 5.41) is 10.6. The van der Waals surface area contributed by atoms with Gasteiger partial charge in [0.2, 0.25) is 0 Å². The zero-order chi connectivity index (χ0) is 14.7. The summed E-state index contributed by atoms with van der Waals surface area (Å²) in [4.78, 5) is 12.2. The van der Waals surface area contributed by atoms with Gasteiger partial charge in [0.15, 0.2) is 5.69 Å². The van der Waals surface area contributed by atoms with Crippen molar-refractivity contribution >= 4 is 11.4 Å². The first-order valence-corrected chi connectivity index (χ1v) is 6.27. The monoisotopic (exact) mass is 282 g/mol. The van der Waals surface area contributed by atoms with Crippen LogP contribution in [0.15, 0.2) is 75.8 Å². The third-order valence-electron chi connectivity index (χ3n) is 2.87. The highest BCUT2D eigenvalue weighted by molar-refractivity contribution is 5.40. The Balaban J connectivity index is 1.89. The number of para-hydroxylation sites is 1. The van der Waals surface area contributed by atoms with Crippen molar-refractivity contribution in [2.45, 2.75) is 0 Å². The molecule has 1 aromatic heterocycles. The van der Waals surface area contributed by atoms with E-state index < -0.39 is 0 Å². The predicted octanol–water partition coefficient (Wildman–Crippen LogP) is 3.72. The van der Waals surface area contributed by atoms with E-state index >= 15 is 0 Å². The Morgan fingerprint density at radius 1 is 0.952 bits per heavy atom. The number of hydrogen-bond donors (Lipinski definition) is 1. The van der Waals surface area contributed by atoms with E-state index in [0.717, 1.165) is 0 Å². The molecule has 0 aliphatic heterocycles. The quantitative estimate of drug-likeness (QED) is 0.731. The normalized spacial score (nSPS) is 11.1. The van der Waals surface area contributed by atoms with Gasteiger partial charge in [-0.2, -0.15) is 5.11 Å². The van der Waals surface area contributed by atoms with Gasteiger partial charge in [-0.15, -0.1) is 5.11 Å². The van der Waals surface area contributed by atoms with Crippen LogP contribution in [0.1, 0.15) is 0 Å². The van der Waals surface area contributed by atoms with Gasteiger partial charge >= 0.3 is 0 Å². The number of nitrogens with zero attached hydrogens (tertiary/aromatic N) is 3. The fourth-order valence-electron chi connectivity index (χ4n) is 1.82. The first kappa shape index (κ1) is 13.0. The number of nitrogens with one attached hydrogen (secondary N) is 1. The van der Waals surface area contributed by atoms with Crippen molar-refractivity contribution in [3.8, 4) is 5.69 Å². The van der Waals surface area contributed by atoms with Crippen LogP contribution in [0, 0.1) is 5.82 Å². The number of hydrogen-bond acceptors (Lipinski definition) is 3. The van der Waals surface area contributed by atoms with Gasteiger partial charge in [-0.25, -0.2) is 9.07 Å². The molecule has 6 heteroatoms. The molecule has 104 valence electrons. The number of rotatable bonds is 3. The molecular weight excluding hydrogens is 271 g/mol. The Morgan fingerprint density at radius 2 is 1.67 bits per heavy atom. The van der Waals surface area contributed by atoms with Gasteiger partial charge in [0.25, 0.3) is 5.56 Å². The van der Waals surface area contributed by atoms with Crippen molar-refractivity contribution in [1.29, 1.82) is 0 Å². The summed E-state index contributed by atoms with van der Waals surface area (Å²) in [6.07, 6.45) is 1.47. The Bertz CT molecular complexity index is 819. The molecule has 0 aliphatic carbocycles. The van der Waals surface area contributed by atoms with Crippen LogP contribution in [0.5, 0.6) is 0 Å². The van der Waals surface area contributed by atoms with E-state index in [0.29, 0.717) is 11.4 Å². The molecule has 0 saturated carbocycles. The third kappa shape index (κ3) is 2.79. The topological polar surface area (TPSA) is 62.5 Å². The maximum atomic E-state index is 12.8. The molecule has 0 atom stereocenters. The molecule has 0 fully saturated rings. The third-order valence-corrected chi connectivity index (χ3v) is 2.87. The largest absolute Gasteiger partial charge is 0.298 e. The first-order chi connectivity index (χ1) is 10.2. The number of halogens is 1. The van der Waals surface area contributed by atoms with Gasteiger partial charge in [-0.3, -0.25) is 9.89 Å². The second kappa shape index (κ2) is 5.54. The van der Waals surface area contributed by atoms with Crippen molar-refractivity contribution < 1.29 is 4.39 Å². The van der Waals surface area contributed by atoms with E-state index in [2.05, 4.69) is 15.3 Å². The molecule has 1 heterocycles. The molecule has 0 bridgehead atoms. The Hall–Kier alpha value is -3.02. The summed E-state index contributed by atoms with van der Waals surface area (Å²) in [5.41, 5.74) is 1.07.